The van der Waals surface area contributed by atoms with Gasteiger partial charge in [0.1, 0.15) is 5.75 Å². The fourth-order valence-electron chi connectivity index (χ4n) is 4.63. The number of Topliss-reactive ketones (excluding diaryl/α,β-unsaturated/α-hetero) is 1. The summed E-state index contributed by atoms with van der Waals surface area (Å²) in [6.45, 7) is 15.9. The molecule has 42 heavy (non-hydrogen) atoms. The molecule has 226 valence electrons. The van der Waals surface area contributed by atoms with E-state index in [0.29, 0.717) is 54.5 Å². The number of ether oxygens (including phenoxy) is 4. The van der Waals surface area contributed by atoms with E-state index in [4.69, 9.17) is 18.9 Å². The Labute approximate surface area is 252 Å². The van der Waals surface area contributed by atoms with Crippen LogP contribution < -0.4 is 19.1 Å². The molecule has 0 N–H and O–H groups in total. The predicted molar refractivity (Wildman–Crippen MR) is 166 cm³/mol. The molecule has 0 spiro atoms. The highest BCUT2D eigenvalue weighted by Gasteiger charge is 2.27. The summed E-state index contributed by atoms with van der Waals surface area (Å²) in [6, 6.07) is 9.57. The minimum atomic E-state index is -0.218. The van der Waals surface area contributed by atoms with Gasteiger partial charge in [-0.25, -0.2) is 0 Å². The molecule has 1 aromatic heterocycles. The van der Waals surface area contributed by atoms with Gasteiger partial charge in [-0.1, -0.05) is 32.5 Å². The molecule has 0 amide bonds. The van der Waals surface area contributed by atoms with E-state index in [0.717, 1.165) is 35.7 Å². The van der Waals surface area contributed by atoms with Crippen LogP contribution in [-0.2, 0) is 10.2 Å². The summed E-state index contributed by atoms with van der Waals surface area (Å²) in [5.41, 5.74) is 3.18. The number of benzene rings is 2. The molecular formula is C31H41N5O5S. The number of thioether (sulfide) groups is 1. The number of rotatable bonds is 12. The van der Waals surface area contributed by atoms with Crippen LogP contribution in [0.1, 0.15) is 61.9 Å². The predicted octanol–water partition coefficient (Wildman–Crippen LogP) is 5.38. The quantitative estimate of drug-likeness (QED) is 0.155. The lowest BCUT2D eigenvalue weighted by molar-refractivity contribution is 0.102. The summed E-state index contributed by atoms with van der Waals surface area (Å²) < 4.78 is 24.5. The van der Waals surface area contributed by atoms with Crippen molar-refractivity contribution in [3.8, 4) is 17.2 Å². The molecule has 1 aliphatic rings. The second kappa shape index (κ2) is 14.1. The number of methoxy groups -OCH3 is 1. The molecule has 0 saturated carbocycles. The molecule has 2 aromatic carbocycles. The Balaban J connectivity index is 1.56. The maximum atomic E-state index is 13.6. The van der Waals surface area contributed by atoms with E-state index in [9.17, 15) is 4.79 Å². The summed E-state index contributed by atoms with van der Waals surface area (Å²) in [7, 11) is 1.69. The lowest BCUT2D eigenvalue weighted by Crippen LogP contribution is -2.37. The van der Waals surface area contributed by atoms with Gasteiger partial charge < -0.3 is 23.8 Å². The standard InChI is InChI=1S/C31H41N5O5S/c1-8-40-27-11-10-22(16-28(27)41-9-2)19-32-36-21(3)33-34-30(36)42-20-26(37)23-17-24(31(4,5)6)29(38-7)25(18-23)35-12-14-39-15-13-35/h10-11,16-19H,8-9,12-15,20H2,1-7H3/b32-19+. The van der Waals surface area contributed by atoms with Crippen molar-refractivity contribution in [3.05, 3.63) is 52.8 Å². The summed E-state index contributed by atoms with van der Waals surface area (Å²) in [6.07, 6.45) is 1.72. The van der Waals surface area contributed by atoms with E-state index >= 15 is 0 Å². The van der Waals surface area contributed by atoms with Crippen LogP contribution in [0.5, 0.6) is 17.2 Å². The highest BCUT2D eigenvalue weighted by Crippen LogP contribution is 2.40. The van der Waals surface area contributed by atoms with E-state index in [1.54, 1.807) is 18.0 Å². The number of aromatic nitrogens is 3. The second-order valence-electron chi connectivity index (χ2n) is 10.8. The molecule has 0 atom stereocenters. The van der Waals surface area contributed by atoms with E-state index in [1.807, 2.05) is 51.1 Å². The first-order valence-corrected chi connectivity index (χ1v) is 15.2. The Kier molecular flexibility index (Phi) is 10.5. The van der Waals surface area contributed by atoms with Gasteiger partial charge in [-0.3, -0.25) is 4.79 Å². The summed E-state index contributed by atoms with van der Waals surface area (Å²) in [5, 5.41) is 13.6. The van der Waals surface area contributed by atoms with Crippen molar-refractivity contribution in [3.63, 3.8) is 0 Å². The average Bonchev–Trinajstić information content (AvgIpc) is 3.34. The van der Waals surface area contributed by atoms with Crippen LogP contribution in [0, 0.1) is 6.92 Å². The van der Waals surface area contributed by atoms with E-state index in [2.05, 4.69) is 41.0 Å². The smallest absolute Gasteiger partial charge is 0.212 e. The summed E-state index contributed by atoms with van der Waals surface area (Å²) in [4.78, 5) is 15.8. The maximum absolute atomic E-state index is 13.6. The van der Waals surface area contributed by atoms with Gasteiger partial charge in [0.05, 0.1) is 51.2 Å². The first-order valence-electron chi connectivity index (χ1n) is 14.2. The van der Waals surface area contributed by atoms with Crippen LogP contribution in [0.25, 0.3) is 0 Å². The van der Waals surface area contributed by atoms with E-state index in [1.165, 1.54) is 11.8 Å². The molecule has 4 rings (SSSR count). The van der Waals surface area contributed by atoms with Crippen LogP contribution in [0.3, 0.4) is 0 Å². The number of anilines is 1. The first kappa shape index (κ1) is 31.4. The minimum Gasteiger partial charge on any atom is -0.494 e. The fourth-order valence-corrected chi connectivity index (χ4v) is 5.46. The molecule has 11 heteroatoms. The lowest BCUT2D eigenvalue weighted by Gasteiger charge is -2.33. The zero-order valence-corrected chi connectivity index (χ0v) is 26.4. The SMILES string of the molecule is CCOc1ccc(/C=N/n2c(C)nnc2SCC(=O)c2cc(N3CCOCC3)c(OC)c(C(C)(C)C)c2)cc1OCC. The van der Waals surface area contributed by atoms with Gasteiger partial charge in [0, 0.05) is 24.2 Å². The van der Waals surface area contributed by atoms with Crippen molar-refractivity contribution >= 4 is 29.4 Å². The number of carbonyl (C=O) groups is 1. The van der Waals surface area contributed by atoms with Gasteiger partial charge in [0.25, 0.3) is 0 Å². The largest absolute Gasteiger partial charge is 0.494 e. The molecule has 0 unspecified atom stereocenters. The molecule has 1 saturated heterocycles. The highest BCUT2D eigenvalue weighted by atomic mass is 32.2. The topological polar surface area (TPSA) is 100 Å². The van der Waals surface area contributed by atoms with Crippen LogP contribution in [0.15, 0.2) is 40.6 Å². The Hall–Kier alpha value is -3.57. The molecule has 1 fully saturated rings. The van der Waals surface area contributed by atoms with Crippen LogP contribution >= 0.6 is 11.8 Å². The molecule has 0 radical (unpaired) electrons. The number of hydrogen-bond acceptors (Lipinski definition) is 10. The third kappa shape index (κ3) is 7.43. The van der Waals surface area contributed by atoms with Crippen molar-refractivity contribution in [1.29, 1.82) is 0 Å². The number of ketones is 1. The van der Waals surface area contributed by atoms with Gasteiger partial charge in [-0.15, -0.1) is 10.2 Å². The van der Waals surface area contributed by atoms with E-state index in [-0.39, 0.29) is 17.0 Å². The maximum Gasteiger partial charge on any atom is 0.212 e. The highest BCUT2D eigenvalue weighted by molar-refractivity contribution is 7.99. The first-order chi connectivity index (χ1) is 20.2. The number of morpholine rings is 1. The number of hydrogen-bond donors (Lipinski definition) is 0. The van der Waals surface area contributed by atoms with Gasteiger partial charge in [0.15, 0.2) is 23.1 Å². The Morgan fingerprint density at radius 3 is 2.45 bits per heavy atom. The summed E-state index contributed by atoms with van der Waals surface area (Å²) in [5.74, 6) is 2.95. The van der Waals surface area contributed by atoms with Gasteiger partial charge in [-0.05, 0) is 62.1 Å². The normalized spacial score (nSPS) is 13.9. The number of aryl methyl sites for hydroxylation is 1. The average molecular weight is 596 g/mol. The number of nitrogens with zero attached hydrogens (tertiary/aromatic N) is 5. The second-order valence-corrected chi connectivity index (χ2v) is 11.7. The van der Waals surface area contributed by atoms with Gasteiger partial charge in [0.2, 0.25) is 5.16 Å². The molecule has 2 heterocycles. The van der Waals surface area contributed by atoms with Crippen molar-refractivity contribution in [2.75, 3.05) is 57.3 Å². The molecule has 1 aliphatic heterocycles. The molecule has 10 nitrogen and oxygen atoms in total. The van der Waals surface area contributed by atoms with Crippen molar-refractivity contribution in [1.82, 2.24) is 14.9 Å². The molecule has 0 aliphatic carbocycles. The Morgan fingerprint density at radius 1 is 1.07 bits per heavy atom. The molecule has 0 bridgehead atoms. The minimum absolute atomic E-state index is 0.00767. The monoisotopic (exact) mass is 595 g/mol. The van der Waals surface area contributed by atoms with Crippen molar-refractivity contribution in [2.45, 2.75) is 52.1 Å². The summed E-state index contributed by atoms with van der Waals surface area (Å²) >= 11 is 1.31. The van der Waals surface area contributed by atoms with Crippen molar-refractivity contribution < 1.29 is 23.7 Å². The van der Waals surface area contributed by atoms with Gasteiger partial charge in [-0.2, -0.15) is 9.78 Å². The Bertz CT molecular complexity index is 1410. The van der Waals surface area contributed by atoms with Gasteiger partial charge >= 0.3 is 0 Å². The molecular weight excluding hydrogens is 554 g/mol. The van der Waals surface area contributed by atoms with Crippen molar-refractivity contribution in [2.24, 2.45) is 5.10 Å². The Morgan fingerprint density at radius 2 is 1.79 bits per heavy atom. The van der Waals surface area contributed by atoms with E-state index < -0.39 is 0 Å². The van der Waals surface area contributed by atoms with Crippen LogP contribution in [0.4, 0.5) is 5.69 Å². The zero-order valence-electron chi connectivity index (χ0n) is 25.6. The van der Waals surface area contributed by atoms with Crippen LogP contribution in [0.2, 0.25) is 0 Å². The molecule has 3 aromatic rings. The third-order valence-electron chi connectivity index (χ3n) is 6.75. The number of carbonyl (C=O) groups excluding carboxylic acids is 1. The third-order valence-corrected chi connectivity index (χ3v) is 7.66. The fraction of sp³-hybridized carbons (Fsp3) is 0.484. The zero-order chi connectivity index (χ0) is 30.3. The lowest BCUT2D eigenvalue weighted by atomic mass is 9.84. The van der Waals surface area contributed by atoms with Crippen LogP contribution in [-0.4, -0.2) is 79.3 Å².